The summed E-state index contributed by atoms with van der Waals surface area (Å²) >= 11 is 14.5. The lowest BCUT2D eigenvalue weighted by atomic mass is 10.3. The summed E-state index contributed by atoms with van der Waals surface area (Å²) in [6.45, 7) is 0.604. The molecule has 0 heterocycles. The van der Waals surface area contributed by atoms with E-state index in [1.54, 1.807) is 6.07 Å². The lowest BCUT2D eigenvalue weighted by Crippen LogP contribution is -2.31. The van der Waals surface area contributed by atoms with Gasteiger partial charge in [-0.05, 0) is 46.3 Å². The predicted octanol–water partition coefficient (Wildman–Crippen LogP) is 3.64. The van der Waals surface area contributed by atoms with Crippen LogP contribution in [0.5, 0.6) is 0 Å². The van der Waals surface area contributed by atoms with E-state index in [0.29, 0.717) is 23.1 Å². The molecule has 1 rings (SSSR count). The van der Waals surface area contributed by atoms with Gasteiger partial charge in [0.2, 0.25) is 0 Å². The van der Waals surface area contributed by atoms with Crippen LogP contribution < -0.4 is 5.32 Å². The third kappa shape index (κ3) is 4.50. The highest BCUT2D eigenvalue weighted by atomic mass is 79.9. The zero-order valence-electron chi connectivity index (χ0n) is 9.20. The number of hydrogen-bond donors (Lipinski definition) is 1. The third-order valence-corrected chi connectivity index (χ3v) is 3.72. The van der Waals surface area contributed by atoms with Crippen LogP contribution in [0.25, 0.3) is 0 Å². The van der Waals surface area contributed by atoms with Crippen LogP contribution in [0.3, 0.4) is 0 Å². The van der Waals surface area contributed by atoms with Crippen LogP contribution in [0.2, 0.25) is 5.02 Å². The van der Waals surface area contributed by atoms with Crippen LogP contribution in [0.15, 0.2) is 22.7 Å². The molecular formula is C11H11BrClN3S. The number of nitrogens with zero attached hydrogens (tertiary/aromatic N) is 2. The highest BCUT2D eigenvalue weighted by molar-refractivity contribution is 9.10. The molecule has 90 valence electrons. The maximum Gasteiger partial charge on any atom is 0.173 e. The van der Waals surface area contributed by atoms with E-state index in [-0.39, 0.29) is 0 Å². The summed E-state index contributed by atoms with van der Waals surface area (Å²) in [6, 6.07) is 7.59. The lowest BCUT2D eigenvalue weighted by molar-refractivity contribution is 0.523. The van der Waals surface area contributed by atoms with E-state index in [1.165, 1.54) is 0 Å². The number of halogens is 2. The summed E-state index contributed by atoms with van der Waals surface area (Å²) in [5.74, 6) is 0. The molecule has 0 amide bonds. The van der Waals surface area contributed by atoms with E-state index in [4.69, 9.17) is 29.1 Å². The van der Waals surface area contributed by atoms with Crippen molar-refractivity contribution in [2.24, 2.45) is 0 Å². The van der Waals surface area contributed by atoms with Crippen LogP contribution in [0.1, 0.15) is 6.42 Å². The molecule has 0 spiro atoms. The molecule has 0 aliphatic carbocycles. The van der Waals surface area contributed by atoms with Gasteiger partial charge in [-0.2, -0.15) is 5.26 Å². The largest absolute Gasteiger partial charge is 0.351 e. The topological polar surface area (TPSA) is 39.1 Å². The van der Waals surface area contributed by atoms with Crippen LogP contribution in [-0.4, -0.2) is 23.6 Å². The maximum absolute atomic E-state index is 8.49. The van der Waals surface area contributed by atoms with Gasteiger partial charge in [-0.25, -0.2) is 0 Å². The van der Waals surface area contributed by atoms with Gasteiger partial charge in [0, 0.05) is 23.8 Å². The fourth-order valence-electron chi connectivity index (χ4n) is 1.11. The molecule has 1 aromatic carbocycles. The number of nitrogens with one attached hydrogen (secondary N) is 1. The Morgan fingerprint density at radius 2 is 2.35 bits per heavy atom. The zero-order valence-corrected chi connectivity index (χ0v) is 12.4. The Balaban J connectivity index is 2.62. The maximum atomic E-state index is 8.49. The van der Waals surface area contributed by atoms with E-state index in [1.807, 2.05) is 24.1 Å². The summed E-state index contributed by atoms with van der Waals surface area (Å²) in [7, 11) is 1.84. The normalized spacial score (nSPS) is 9.53. The van der Waals surface area contributed by atoms with E-state index in [2.05, 4.69) is 27.3 Å². The second-order valence-electron chi connectivity index (χ2n) is 3.39. The summed E-state index contributed by atoms with van der Waals surface area (Å²) in [4.78, 5) is 1.81. The van der Waals surface area contributed by atoms with Crippen molar-refractivity contribution in [3.8, 4) is 6.07 Å². The Labute approximate surface area is 119 Å². The molecule has 1 N–H and O–H groups in total. The SMILES string of the molecule is CN(CCC#N)C(=S)Nc1ccc(Br)c(Cl)c1. The van der Waals surface area contributed by atoms with Gasteiger partial charge in [0.15, 0.2) is 5.11 Å². The molecule has 0 radical (unpaired) electrons. The first kappa shape index (κ1) is 14.2. The Bertz CT molecular complexity index is 459. The molecule has 3 nitrogen and oxygen atoms in total. The molecule has 17 heavy (non-hydrogen) atoms. The van der Waals surface area contributed by atoms with Crippen molar-refractivity contribution >= 4 is 50.5 Å². The second kappa shape index (κ2) is 6.80. The van der Waals surface area contributed by atoms with Crippen molar-refractivity contribution in [1.29, 1.82) is 5.26 Å². The molecule has 0 aliphatic heterocycles. The van der Waals surface area contributed by atoms with Crippen molar-refractivity contribution in [1.82, 2.24) is 4.90 Å². The first-order valence-electron chi connectivity index (χ1n) is 4.88. The standard InChI is InChI=1S/C11H11BrClN3S/c1-16(6-2-5-14)11(17)15-8-3-4-9(12)10(13)7-8/h3-4,7H,2,6H2,1H3,(H,15,17). The van der Waals surface area contributed by atoms with Crippen LogP contribution >= 0.6 is 39.7 Å². The smallest absolute Gasteiger partial charge is 0.173 e. The van der Waals surface area contributed by atoms with E-state index >= 15 is 0 Å². The number of thiocarbonyl (C=S) groups is 1. The van der Waals surface area contributed by atoms with Crippen LogP contribution in [-0.2, 0) is 0 Å². The summed E-state index contributed by atoms with van der Waals surface area (Å²) in [5.41, 5.74) is 0.826. The molecule has 1 aromatic rings. The second-order valence-corrected chi connectivity index (χ2v) is 5.04. The fourth-order valence-corrected chi connectivity index (χ4v) is 1.75. The summed E-state index contributed by atoms with van der Waals surface area (Å²) in [5, 5.41) is 12.7. The highest BCUT2D eigenvalue weighted by Crippen LogP contribution is 2.25. The number of anilines is 1. The molecule has 0 fully saturated rings. The van der Waals surface area contributed by atoms with Crippen LogP contribution in [0, 0.1) is 11.3 Å². The van der Waals surface area contributed by atoms with Gasteiger partial charge in [0.1, 0.15) is 0 Å². The fraction of sp³-hybridized carbons (Fsp3) is 0.273. The van der Waals surface area contributed by atoms with Gasteiger partial charge in [0.25, 0.3) is 0 Å². The first-order valence-corrected chi connectivity index (χ1v) is 6.46. The monoisotopic (exact) mass is 331 g/mol. The van der Waals surface area contributed by atoms with Crippen molar-refractivity contribution < 1.29 is 0 Å². The lowest BCUT2D eigenvalue weighted by Gasteiger charge is -2.19. The molecule has 0 atom stereocenters. The average molecular weight is 333 g/mol. The average Bonchev–Trinajstić information content (AvgIpc) is 2.30. The quantitative estimate of drug-likeness (QED) is 0.858. The number of rotatable bonds is 3. The minimum atomic E-state index is 0.444. The summed E-state index contributed by atoms with van der Waals surface area (Å²) in [6.07, 6.45) is 0.444. The first-order chi connectivity index (χ1) is 8.04. The predicted molar refractivity (Wildman–Crippen MR) is 78.2 cm³/mol. The minimum absolute atomic E-state index is 0.444. The van der Waals surface area contributed by atoms with Gasteiger partial charge >= 0.3 is 0 Å². The van der Waals surface area contributed by atoms with Gasteiger partial charge in [-0.1, -0.05) is 11.6 Å². The van der Waals surface area contributed by atoms with Gasteiger partial charge in [-0.15, -0.1) is 0 Å². The molecule has 0 aliphatic rings. The van der Waals surface area contributed by atoms with Crippen molar-refractivity contribution in [3.63, 3.8) is 0 Å². The Hall–Kier alpha value is -0.830. The summed E-state index contributed by atoms with van der Waals surface area (Å²) < 4.78 is 0.841. The van der Waals surface area contributed by atoms with Crippen molar-refractivity contribution in [2.75, 3.05) is 18.9 Å². The van der Waals surface area contributed by atoms with Gasteiger partial charge in [-0.3, -0.25) is 0 Å². The van der Waals surface area contributed by atoms with Gasteiger partial charge in [0.05, 0.1) is 17.5 Å². The molecule has 6 heteroatoms. The van der Waals surface area contributed by atoms with E-state index in [0.717, 1.165) is 10.2 Å². The highest BCUT2D eigenvalue weighted by Gasteiger charge is 2.05. The Morgan fingerprint density at radius 3 is 2.94 bits per heavy atom. The minimum Gasteiger partial charge on any atom is -0.351 e. The van der Waals surface area contributed by atoms with E-state index in [9.17, 15) is 0 Å². The van der Waals surface area contributed by atoms with E-state index < -0.39 is 0 Å². The molecule has 0 bridgehead atoms. The Morgan fingerprint density at radius 1 is 1.65 bits per heavy atom. The molecule has 0 unspecified atom stereocenters. The molecule has 0 aromatic heterocycles. The number of benzene rings is 1. The molecule has 0 saturated carbocycles. The molecule has 0 saturated heterocycles. The molecular weight excluding hydrogens is 322 g/mol. The Kier molecular flexibility index (Phi) is 5.69. The van der Waals surface area contributed by atoms with Crippen molar-refractivity contribution in [3.05, 3.63) is 27.7 Å². The number of nitriles is 1. The third-order valence-electron chi connectivity index (χ3n) is 2.08. The van der Waals surface area contributed by atoms with Crippen molar-refractivity contribution in [2.45, 2.75) is 6.42 Å². The number of hydrogen-bond acceptors (Lipinski definition) is 2. The van der Waals surface area contributed by atoms with Gasteiger partial charge < -0.3 is 10.2 Å². The van der Waals surface area contributed by atoms with Crippen LogP contribution in [0.4, 0.5) is 5.69 Å². The zero-order chi connectivity index (χ0) is 12.8.